The second kappa shape index (κ2) is 10.6. The van der Waals surface area contributed by atoms with Crippen LogP contribution in [0.25, 0.3) is 0 Å². The average molecular weight is 472 g/mol. The number of esters is 1. The zero-order valence-electron chi connectivity index (χ0n) is 17.5. The molecular weight excluding hydrogens is 449 g/mol. The van der Waals surface area contributed by atoms with Gasteiger partial charge in [0.15, 0.2) is 6.61 Å². The SMILES string of the molecule is Cc1ccccc1CN(C)C(=O)COC(=O)CCNS(=O)(=O)c1cccc(C(F)(F)F)c1. The Labute approximate surface area is 184 Å². The highest BCUT2D eigenvalue weighted by Crippen LogP contribution is 2.30. The normalized spacial score (nSPS) is 11.8. The van der Waals surface area contributed by atoms with Gasteiger partial charge in [-0.2, -0.15) is 13.2 Å². The number of amides is 1. The van der Waals surface area contributed by atoms with E-state index >= 15 is 0 Å². The molecule has 0 heterocycles. The summed E-state index contributed by atoms with van der Waals surface area (Å²) < 4.78 is 69.5. The molecule has 0 saturated carbocycles. The minimum absolute atomic E-state index is 0.333. The summed E-state index contributed by atoms with van der Waals surface area (Å²) in [4.78, 5) is 24.8. The van der Waals surface area contributed by atoms with Crippen molar-refractivity contribution in [3.8, 4) is 0 Å². The van der Waals surface area contributed by atoms with E-state index < -0.39 is 58.1 Å². The number of halogens is 3. The molecule has 2 aromatic rings. The number of aryl methyl sites for hydroxylation is 1. The molecule has 0 atom stereocenters. The van der Waals surface area contributed by atoms with Crippen LogP contribution in [0.3, 0.4) is 0 Å². The summed E-state index contributed by atoms with van der Waals surface area (Å²) in [7, 11) is -2.69. The van der Waals surface area contributed by atoms with Crippen LogP contribution >= 0.6 is 0 Å². The third-order valence-corrected chi connectivity index (χ3v) is 6.00. The van der Waals surface area contributed by atoms with E-state index in [0.717, 1.165) is 29.3 Å². The molecule has 0 unspecified atom stereocenters. The minimum atomic E-state index is -4.69. The van der Waals surface area contributed by atoms with Crippen LogP contribution < -0.4 is 4.72 Å². The predicted octanol–water partition coefficient (Wildman–Crippen LogP) is 2.88. The Morgan fingerprint density at radius 1 is 1.09 bits per heavy atom. The summed E-state index contributed by atoms with van der Waals surface area (Å²) in [6, 6.07) is 10.8. The Kier molecular flexibility index (Phi) is 8.39. The molecule has 0 aliphatic rings. The van der Waals surface area contributed by atoms with Gasteiger partial charge in [-0.15, -0.1) is 0 Å². The summed E-state index contributed by atoms with van der Waals surface area (Å²) in [5.41, 5.74) is 0.851. The lowest BCUT2D eigenvalue weighted by Gasteiger charge is -2.18. The van der Waals surface area contributed by atoms with E-state index in [1.807, 2.05) is 35.9 Å². The monoisotopic (exact) mass is 472 g/mol. The molecule has 32 heavy (non-hydrogen) atoms. The molecule has 1 amide bonds. The Morgan fingerprint density at radius 3 is 2.44 bits per heavy atom. The van der Waals surface area contributed by atoms with Gasteiger partial charge in [0.25, 0.3) is 5.91 Å². The number of nitrogens with one attached hydrogen (secondary N) is 1. The lowest BCUT2D eigenvalue weighted by Crippen LogP contribution is -2.32. The molecule has 1 N–H and O–H groups in total. The van der Waals surface area contributed by atoms with Gasteiger partial charge < -0.3 is 9.64 Å². The van der Waals surface area contributed by atoms with Crippen LogP contribution in [0.1, 0.15) is 23.1 Å². The van der Waals surface area contributed by atoms with E-state index in [2.05, 4.69) is 0 Å². The predicted molar refractivity (Wildman–Crippen MR) is 110 cm³/mol. The van der Waals surface area contributed by atoms with E-state index in [1.165, 1.54) is 4.90 Å². The van der Waals surface area contributed by atoms with Crippen LogP contribution in [0, 0.1) is 6.92 Å². The summed E-state index contributed by atoms with van der Waals surface area (Å²) in [6.07, 6.45) is -5.08. The number of sulfonamides is 1. The molecule has 2 rings (SSSR count). The Morgan fingerprint density at radius 2 is 1.78 bits per heavy atom. The van der Waals surface area contributed by atoms with Crippen molar-refractivity contribution in [3.63, 3.8) is 0 Å². The van der Waals surface area contributed by atoms with E-state index in [9.17, 15) is 31.2 Å². The van der Waals surface area contributed by atoms with Crippen molar-refractivity contribution in [2.45, 2.75) is 31.0 Å². The molecule has 2 aromatic carbocycles. The van der Waals surface area contributed by atoms with Gasteiger partial charge >= 0.3 is 12.1 Å². The van der Waals surface area contributed by atoms with Gasteiger partial charge in [0.1, 0.15) is 0 Å². The largest absolute Gasteiger partial charge is 0.456 e. The standard InChI is InChI=1S/C21H23F3N2O5S/c1-15-6-3-4-7-16(15)13-26(2)19(27)14-31-20(28)10-11-25-32(29,30)18-9-5-8-17(12-18)21(22,23)24/h3-9,12,25H,10-11,13-14H2,1-2H3. The average Bonchev–Trinajstić information content (AvgIpc) is 2.73. The van der Waals surface area contributed by atoms with Crippen LogP contribution in [0.4, 0.5) is 13.2 Å². The number of carbonyl (C=O) groups excluding carboxylic acids is 2. The van der Waals surface area contributed by atoms with Gasteiger partial charge in [0, 0.05) is 20.1 Å². The van der Waals surface area contributed by atoms with Gasteiger partial charge in [-0.3, -0.25) is 9.59 Å². The number of ether oxygens (including phenoxy) is 1. The van der Waals surface area contributed by atoms with Crippen LogP contribution in [-0.2, 0) is 37.1 Å². The van der Waals surface area contributed by atoms with E-state index in [1.54, 1.807) is 7.05 Å². The maximum absolute atomic E-state index is 12.8. The van der Waals surface area contributed by atoms with Gasteiger partial charge in [-0.1, -0.05) is 30.3 Å². The van der Waals surface area contributed by atoms with Crippen LogP contribution in [0.5, 0.6) is 0 Å². The summed E-state index contributed by atoms with van der Waals surface area (Å²) in [5, 5.41) is 0. The maximum atomic E-state index is 12.8. The van der Waals surface area contributed by atoms with Crippen molar-refractivity contribution in [1.82, 2.24) is 9.62 Å². The zero-order valence-corrected chi connectivity index (χ0v) is 18.3. The van der Waals surface area contributed by atoms with E-state index in [-0.39, 0.29) is 0 Å². The fourth-order valence-corrected chi connectivity index (χ4v) is 3.74. The number of alkyl halides is 3. The molecule has 7 nitrogen and oxygen atoms in total. The lowest BCUT2D eigenvalue weighted by molar-refractivity contribution is -0.151. The first-order chi connectivity index (χ1) is 14.9. The van der Waals surface area contributed by atoms with Gasteiger partial charge in [0.2, 0.25) is 10.0 Å². The van der Waals surface area contributed by atoms with Crippen molar-refractivity contribution in [2.75, 3.05) is 20.2 Å². The Hall–Kier alpha value is -2.92. The lowest BCUT2D eigenvalue weighted by atomic mass is 10.1. The first-order valence-corrected chi connectivity index (χ1v) is 11.0. The quantitative estimate of drug-likeness (QED) is 0.567. The van der Waals surface area contributed by atoms with Gasteiger partial charge in [-0.05, 0) is 36.2 Å². The second-order valence-electron chi connectivity index (χ2n) is 7.01. The molecule has 0 aliphatic heterocycles. The van der Waals surface area contributed by atoms with Crippen molar-refractivity contribution >= 4 is 21.9 Å². The third-order valence-electron chi connectivity index (χ3n) is 4.54. The van der Waals surface area contributed by atoms with Gasteiger partial charge in [-0.25, -0.2) is 13.1 Å². The van der Waals surface area contributed by atoms with Crippen molar-refractivity contribution in [1.29, 1.82) is 0 Å². The minimum Gasteiger partial charge on any atom is -0.456 e. The van der Waals surface area contributed by atoms with Crippen LogP contribution in [-0.4, -0.2) is 45.4 Å². The van der Waals surface area contributed by atoms with Crippen LogP contribution in [0.2, 0.25) is 0 Å². The molecule has 0 aliphatic carbocycles. The van der Waals surface area contributed by atoms with Crippen molar-refractivity contribution in [2.24, 2.45) is 0 Å². The Bertz CT molecular complexity index is 1070. The van der Waals surface area contributed by atoms with E-state index in [0.29, 0.717) is 12.6 Å². The highest BCUT2D eigenvalue weighted by Gasteiger charge is 2.31. The summed E-state index contributed by atoms with van der Waals surface area (Å²) in [5.74, 6) is -1.26. The molecule has 174 valence electrons. The fourth-order valence-electron chi connectivity index (χ4n) is 2.67. The molecule has 0 saturated heterocycles. The first-order valence-electron chi connectivity index (χ1n) is 9.51. The number of rotatable bonds is 9. The molecule has 0 spiro atoms. The summed E-state index contributed by atoms with van der Waals surface area (Å²) >= 11 is 0. The smallest absolute Gasteiger partial charge is 0.416 e. The maximum Gasteiger partial charge on any atom is 0.416 e. The van der Waals surface area contributed by atoms with Crippen LogP contribution in [0.15, 0.2) is 53.4 Å². The van der Waals surface area contributed by atoms with E-state index in [4.69, 9.17) is 4.74 Å². The fraction of sp³-hybridized carbons (Fsp3) is 0.333. The molecule has 11 heteroatoms. The van der Waals surface area contributed by atoms with Crippen molar-refractivity contribution in [3.05, 3.63) is 65.2 Å². The number of benzene rings is 2. The third kappa shape index (κ3) is 7.34. The highest BCUT2D eigenvalue weighted by molar-refractivity contribution is 7.89. The van der Waals surface area contributed by atoms with Gasteiger partial charge in [0.05, 0.1) is 16.9 Å². The number of nitrogens with zero attached hydrogens (tertiary/aromatic N) is 1. The Balaban J connectivity index is 1.80. The molecular formula is C21H23F3N2O5S. The second-order valence-corrected chi connectivity index (χ2v) is 8.78. The molecule has 0 fully saturated rings. The summed E-state index contributed by atoms with van der Waals surface area (Å²) in [6.45, 7) is 1.33. The number of hydrogen-bond donors (Lipinski definition) is 1. The highest BCUT2D eigenvalue weighted by atomic mass is 32.2. The topological polar surface area (TPSA) is 92.8 Å². The zero-order chi connectivity index (χ0) is 23.9. The first kappa shape index (κ1) is 25.3. The molecule has 0 bridgehead atoms. The number of carbonyl (C=O) groups is 2. The number of likely N-dealkylation sites (N-methyl/N-ethyl adjacent to an activating group) is 1. The van der Waals surface area contributed by atoms with Crippen molar-refractivity contribution < 1.29 is 35.9 Å². The molecule has 0 radical (unpaired) electrons. The molecule has 0 aromatic heterocycles. The number of hydrogen-bond acceptors (Lipinski definition) is 5.